The molecule has 0 bridgehead atoms. The third kappa shape index (κ3) is 2.76. The maximum Gasteiger partial charge on any atom is 0.127 e. The highest BCUT2D eigenvalue weighted by atomic mass is 79.9. The minimum Gasteiger partial charge on any atom is -0.395 e. The van der Waals surface area contributed by atoms with Crippen LogP contribution in [0, 0.1) is 5.82 Å². The van der Waals surface area contributed by atoms with Gasteiger partial charge in [0.25, 0.3) is 0 Å². The molecular weight excluding hydrogens is 237 g/mol. The summed E-state index contributed by atoms with van der Waals surface area (Å²) in [6.07, 6.45) is 0.337. The van der Waals surface area contributed by atoms with Crippen LogP contribution in [0.3, 0.4) is 0 Å². The van der Waals surface area contributed by atoms with Gasteiger partial charge in [0.15, 0.2) is 0 Å². The Kier molecular flexibility index (Phi) is 3.84. The molecule has 0 aliphatic carbocycles. The molecule has 1 aromatic rings. The topological polar surface area (TPSA) is 46.2 Å². The van der Waals surface area contributed by atoms with E-state index in [0.717, 1.165) is 0 Å². The Hall–Kier alpha value is -0.450. The van der Waals surface area contributed by atoms with Gasteiger partial charge in [-0.3, -0.25) is 0 Å². The van der Waals surface area contributed by atoms with E-state index < -0.39 is 6.04 Å². The first kappa shape index (κ1) is 10.6. The predicted octanol–water partition coefficient (Wildman–Crippen LogP) is 1.45. The van der Waals surface area contributed by atoms with Gasteiger partial charge in [-0.15, -0.1) is 0 Å². The standard InChI is InChI=1S/C9H11BrFNO/c10-8-2-1-3-9(11)7(8)4-6(12)5-13/h1-3,6,13H,4-5,12H2. The fraction of sp³-hybridized carbons (Fsp3) is 0.333. The van der Waals surface area contributed by atoms with E-state index >= 15 is 0 Å². The summed E-state index contributed by atoms with van der Waals surface area (Å²) in [5, 5.41) is 8.72. The summed E-state index contributed by atoms with van der Waals surface area (Å²) in [6.45, 7) is -0.138. The lowest BCUT2D eigenvalue weighted by Gasteiger charge is -2.10. The maximum absolute atomic E-state index is 13.2. The summed E-state index contributed by atoms with van der Waals surface area (Å²) >= 11 is 3.23. The van der Waals surface area contributed by atoms with Gasteiger partial charge in [0.05, 0.1) is 6.61 Å². The summed E-state index contributed by atoms with van der Waals surface area (Å²) in [6, 6.07) is 4.34. The molecule has 0 aliphatic rings. The zero-order chi connectivity index (χ0) is 9.84. The second kappa shape index (κ2) is 4.69. The van der Waals surface area contributed by atoms with E-state index in [4.69, 9.17) is 10.8 Å². The molecule has 0 spiro atoms. The van der Waals surface area contributed by atoms with Gasteiger partial charge in [-0.2, -0.15) is 0 Å². The van der Waals surface area contributed by atoms with E-state index in [-0.39, 0.29) is 12.4 Å². The fourth-order valence-corrected chi connectivity index (χ4v) is 1.56. The Morgan fingerprint density at radius 1 is 1.54 bits per heavy atom. The number of aliphatic hydroxyl groups is 1. The maximum atomic E-state index is 13.2. The van der Waals surface area contributed by atoms with Crippen LogP contribution in [0.25, 0.3) is 0 Å². The average Bonchev–Trinajstić information content (AvgIpc) is 2.11. The van der Waals surface area contributed by atoms with Crippen molar-refractivity contribution in [3.8, 4) is 0 Å². The molecule has 0 fully saturated rings. The number of aliphatic hydroxyl groups excluding tert-OH is 1. The van der Waals surface area contributed by atoms with Crippen molar-refractivity contribution in [2.45, 2.75) is 12.5 Å². The SMILES string of the molecule is NC(CO)Cc1c(F)cccc1Br. The van der Waals surface area contributed by atoms with Crippen molar-refractivity contribution < 1.29 is 9.50 Å². The smallest absolute Gasteiger partial charge is 0.127 e. The zero-order valence-corrected chi connectivity index (χ0v) is 8.59. The zero-order valence-electron chi connectivity index (χ0n) is 7.00. The molecule has 4 heteroatoms. The third-order valence-corrected chi connectivity index (χ3v) is 2.51. The van der Waals surface area contributed by atoms with Crippen molar-refractivity contribution in [3.63, 3.8) is 0 Å². The number of benzene rings is 1. The van der Waals surface area contributed by atoms with Crippen LogP contribution in [0.2, 0.25) is 0 Å². The highest BCUT2D eigenvalue weighted by molar-refractivity contribution is 9.10. The summed E-state index contributed by atoms with van der Waals surface area (Å²) in [5.41, 5.74) is 6.02. The Balaban J connectivity index is 2.87. The number of nitrogens with two attached hydrogens (primary N) is 1. The van der Waals surface area contributed by atoms with Crippen LogP contribution in [0.15, 0.2) is 22.7 Å². The first-order valence-electron chi connectivity index (χ1n) is 3.94. The monoisotopic (exact) mass is 247 g/mol. The summed E-state index contributed by atoms with van der Waals surface area (Å²) in [5.74, 6) is -0.293. The number of hydrogen-bond donors (Lipinski definition) is 2. The molecule has 1 atom stereocenters. The van der Waals surface area contributed by atoms with E-state index in [1.807, 2.05) is 0 Å². The average molecular weight is 248 g/mol. The van der Waals surface area contributed by atoms with Crippen LogP contribution >= 0.6 is 15.9 Å². The Morgan fingerprint density at radius 2 is 2.23 bits per heavy atom. The second-order valence-corrected chi connectivity index (χ2v) is 3.70. The van der Waals surface area contributed by atoms with Crippen LogP contribution < -0.4 is 5.73 Å². The summed E-state index contributed by atoms with van der Waals surface area (Å²) in [4.78, 5) is 0. The van der Waals surface area contributed by atoms with Gasteiger partial charge < -0.3 is 10.8 Å². The highest BCUT2D eigenvalue weighted by Crippen LogP contribution is 2.20. The molecule has 2 nitrogen and oxygen atoms in total. The summed E-state index contributed by atoms with van der Waals surface area (Å²) < 4.78 is 13.9. The Morgan fingerprint density at radius 3 is 2.77 bits per heavy atom. The van der Waals surface area contributed by atoms with Crippen LogP contribution in [-0.4, -0.2) is 17.8 Å². The third-order valence-electron chi connectivity index (χ3n) is 1.76. The molecule has 0 radical (unpaired) electrons. The minimum atomic E-state index is -0.409. The molecule has 0 aromatic heterocycles. The molecule has 1 unspecified atom stereocenters. The van der Waals surface area contributed by atoms with E-state index in [2.05, 4.69) is 15.9 Å². The largest absolute Gasteiger partial charge is 0.395 e. The van der Waals surface area contributed by atoms with Crippen molar-refractivity contribution in [1.82, 2.24) is 0 Å². The van der Waals surface area contributed by atoms with Gasteiger partial charge in [0, 0.05) is 16.1 Å². The molecule has 0 aliphatic heterocycles. The molecule has 1 rings (SSSR count). The first-order chi connectivity index (χ1) is 6.15. The predicted molar refractivity (Wildman–Crippen MR) is 52.9 cm³/mol. The van der Waals surface area contributed by atoms with Crippen molar-refractivity contribution in [3.05, 3.63) is 34.1 Å². The van der Waals surface area contributed by atoms with E-state index in [1.165, 1.54) is 6.07 Å². The summed E-state index contributed by atoms with van der Waals surface area (Å²) in [7, 11) is 0. The van der Waals surface area contributed by atoms with Crippen molar-refractivity contribution in [1.29, 1.82) is 0 Å². The molecule has 0 saturated carbocycles. The van der Waals surface area contributed by atoms with Crippen molar-refractivity contribution in [2.75, 3.05) is 6.61 Å². The van der Waals surface area contributed by atoms with Crippen LogP contribution in [0.4, 0.5) is 4.39 Å². The van der Waals surface area contributed by atoms with E-state index in [1.54, 1.807) is 12.1 Å². The molecule has 1 aromatic carbocycles. The van der Waals surface area contributed by atoms with Gasteiger partial charge in [0.2, 0.25) is 0 Å². The van der Waals surface area contributed by atoms with Crippen molar-refractivity contribution in [2.24, 2.45) is 5.73 Å². The van der Waals surface area contributed by atoms with E-state index in [9.17, 15) is 4.39 Å². The van der Waals surface area contributed by atoms with Crippen molar-refractivity contribution >= 4 is 15.9 Å². The van der Waals surface area contributed by atoms with E-state index in [0.29, 0.717) is 16.5 Å². The van der Waals surface area contributed by atoms with Gasteiger partial charge >= 0.3 is 0 Å². The molecule has 13 heavy (non-hydrogen) atoms. The lowest BCUT2D eigenvalue weighted by Crippen LogP contribution is -2.27. The van der Waals surface area contributed by atoms with Crippen LogP contribution in [0.1, 0.15) is 5.56 Å². The molecule has 0 heterocycles. The Labute approximate surface area is 84.7 Å². The van der Waals surface area contributed by atoms with Gasteiger partial charge in [-0.25, -0.2) is 4.39 Å². The molecular formula is C9H11BrFNO. The normalized spacial score (nSPS) is 12.9. The van der Waals surface area contributed by atoms with Gasteiger partial charge in [-0.05, 0) is 18.6 Å². The lowest BCUT2D eigenvalue weighted by molar-refractivity contribution is 0.264. The number of halogens is 2. The highest BCUT2D eigenvalue weighted by Gasteiger charge is 2.10. The van der Waals surface area contributed by atoms with Gasteiger partial charge in [0.1, 0.15) is 5.82 Å². The second-order valence-electron chi connectivity index (χ2n) is 2.85. The van der Waals surface area contributed by atoms with Crippen LogP contribution in [-0.2, 0) is 6.42 Å². The molecule has 0 amide bonds. The number of rotatable bonds is 3. The Bertz CT molecular complexity index is 273. The minimum absolute atomic E-state index is 0.138. The fourth-order valence-electron chi connectivity index (χ4n) is 1.05. The lowest BCUT2D eigenvalue weighted by atomic mass is 10.1. The van der Waals surface area contributed by atoms with Crippen LogP contribution in [0.5, 0.6) is 0 Å². The molecule has 0 saturated heterocycles. The number of hydrogen-bond acceptors (Lipinski definition) is 2. The molecule has 72 valence electrons. The quantitative estimate of drug-likeness (QED) is 0.850. The van der Waals surface area contributed by atoms with Gasteiger partial charge in [-0.1, -0.05) is 22.0 Å². The molecule has 3 N–H and O–H groups in total. The first-order valence-corrected chi connectivity index (χ1v) is 4.73.